The summed E-state index contributed by atoms with van der Waals surface area (Å²) < 4.78 is 0. The van der Waals surface area contributed by atoms with E-state index in [1.54, 1.807) is 0 Å². The van der Waals surface area contributed by atoms with Crippen LogP contribution >= 0.6 is 0 Å². The van der Waals surface area contributed by atoms with E-state index in [9.17, 15) is 0 Å². The Morgan fingerprint density at radius 2 is 1.37 bits per heavy atom. The van der Waals surface area contributed by atoms with E-state index in [4.69, 9.17) is 9.98 Å². The lowest BCUT2D eigenvalue weighted by Gasteiger charge is -2.08. The highest BCUT2D eigenvalue weighted by molar-refractivity contribution is 6.31. The van der Waals surface area contributed by atoms with Crippen LogP contribution in [-0.4, -0.2) is 11.9 Å². The van der Waals surface area contributed by atoms with Crippen molar-refractivity contribution in [3.8, 4) is 0 Å². The normalized spacial score (nSPS) is 11.7. The number of unbranched alkanes of at least 4 members (excludes halogenated alkanes) is 3. The maximum absolute atomic E-state index is 5.02. The van der Waals surface area contributed by atoms with Gasteiger partial charge < -0.3 is 0 Å². The molecule has 0 atom stereocenters. The summed E-state index contributed by atoms with van der Waals surface area (Å²) in [6.45, 7) is 9.87. The number of para-hydroxylation sites is 2. The summed E-state index contributed by atoms with van der Waals surface area (Å²) >= 11 is 0. The molecule has 2 rings (SSSR count). The van der Waals surface area contributed by atoms with Crippen molar-refractivity contribution in [2.75, 3.05) is 0 Å². The number of hydrogen-bond donors (Lipinski definition) is 0. The van der Waals surface area contributed by atoms with E-state index >= 15 is 0 Å². The molecule has 158 valence electrons. The minimum absolute atomic E-state index is 0.944. The zero-order chi connectivity index (χ0) is 21.4. The van der Waals surface area contributed by atoms with E-state index in [2.05, 4.69) is 68.6 Å². The standard InChI is InChI=1S/C28H36N2/c1-4-7-10-16-24-18-12-14-21-27(24)29-23-26(20-9-6-3)30-28-22-15-13-19-25(28)17-11-8-5-2/h4-5,12-15,18-19,21-23H,1-2,6-11,16-17,20H2,3H3. The van der Waals surface area contributed by atoms with E-state index in [0.29, 0.717) is 0 Å². The predicted octanol–water partition coefficient (Wildman–Crippen LogP) is 8.37. The van der Waals surface area contributed by atoms with E-state index < -0.39 is 0 Å². The second-order valence-electron chi connectivity index (χ2n) is 7.58. The van der Waals surface area contributed by atoms with Crippen molar-refractivity contribution in [1.29, 1.82) is 0 Å². The van der Waals surface area contributed by atoms with Gasteiger partial charge in [-0.2, -0.15) is 0 Å². The maximum Gasteiger partial charge on any atom is 0.0665 e. The van der Waals surface area contributed by atoms with Gasteiger partial charge in [0.15, 0.2) is 0 Å². The maximum atomic E-state index is 5.02. The Kier molecular flexibility index (Phi) is 11.2. The van der Waals surface area contributed by atoms with Crippen LogP contribution in [0.1, 0.15) is 63.0 Å². The number of aliphatic imine (C=N–C) groups is 2. The molecule has 2 aromatic rings. The molecule has 0 radical (unpaired) electrons. The molecule has 0 saturated carbocycles. The number of aryl methyl sites for hydroxylation is 2. The lowest BCUT2D eigenvalue weighted by Crippen LogP contribution is -2.00. The van der Waals surface area contributed by atoms with E-state index in [1.165, 1.54) is 11.1 Å². The third-order valence-electron chi connectivity index (χ3n) is 5.10. The molecule has 0 spiro atoms. The van der Waals surface area contributed by atoms with E-state index in [1.807, 2.05) is 18.4 Å². The number of benzene rings is 2. The molecule has 0 fully saturated rings. The molecule has 0 aliphatic heterocycles. The molecule has 0 saturated heterocycles. The summed E-state index contributed by atoms with van der Waals surface area (Å²) in [5, 5.41) is 0. The van der Waals surface area contributed by atoms with Gasteiger partial charge in [-0.05, 0) is 74.6 Å². The van der Waals surface area contributed by atoms with Crippen LogP contribution in [0.4, 0.5) is 11.4 Å². The van der Waals surface area contributed by atoms with Crippen molar-refractivity contribution < 1.29 is 0 Å². The number of rotatable bonds is 14. The van der Waals surface area contributed by atoms with Gasteiger partial charge >= 0.3 is 0 Å². The molecule has 0 heterocycles. The number of allylic oxidation sites excluding steroid dienone is 2. The molecule has 0 amide bonds. The molecule has 2 nitrogen and oxygen atoms in total. The quantitative estimate of drug-likeness (QED) is 0.173. The van der Waals surface area contributed by atoms with Gasteiger partial charge in [0.25, 0.3) is 0 Å². The molecule has 30 heavy (non-hydrogen) atoms. The minimum Gasteiger partial charge on any atom is -0.255 e. The molecule has 0 unspecified atom stereocenters. The Labute approximate surface area is 183 Å². The molecular formula is C28H36N2. The van der Waals surface area contributed by atoms with Gasteiger partial charge in [-0.1, -0.05) is 61.9 Å². The highest BCUT2D eigenvalue weighted by atomic mass is 14.8. The Balaban J connectivity index is 2.25. The average Bonchev–Trinajstić information content (AvgIpc) is 2.77. The van der Waals surface area contributed by atoms with Gasteiger partial charge in [0.2, 0.25) is 0 Å². The average molecular weight is 401 g/mol. The van der Waals surface area contributed by atoms with Gasteiger partial charge in [-0.25, -0.2) is 0 Å². The first-order valence-electron chi connectivity index (χ1n) is 11.3. The lowest BCUT2D eigenvalue weighted by atomic mass is 10.1. The number of nitrogens with zero attached hydrogens (tertiary/aromatic N) is 2. The molecular weight excluding hydrogens is 364 g/mol. The van der Waals surface area contributed by atoms with Gasteiger partial charge in [0.1, 0.15) is 0 Å². The van der Waals surface area contributed by atoms with Crippen molar-refractivity contribution >= 4 is 23.3 Å². The van der Waals surface area contributed by atoms with Crippen LogP contribution in [0, 0.1) is 0 Å². The van der Waals surface area contributed by atoms with Crippen molar-refractivity contribution in [1.82, 2.24) is 0 Å². The third-order valence-corrected chi connectivity index (χ3v) is 5.10. The smallest absolute Gasteiger partial charge is 0.0665 e. The largest absolute Gasteiger partial charge is 0.255 e. The molecule has 2 aromatic carbocycles. The van der Waals surface area contributed by atoms with Gasteiger partial charge in [-0.15, -0.1) is 13.2 Å². The zero-order valence-corrected chi connectivity index (χ0v) is 18.5. The van der Waals surface area contributed by atoms with Crippen LogP contribution in [0.3, 0.4) is 0 Å². The van der Waals surface area contributed by atoms with Crippen LogP contribution < -0.4 is 0 Å². The Hall–Kier alpha value is -2.74. The van der Waals surface area contributed by atoms with E-state index in [0.717, 1.165) is 74.9 Å². The first kappa shape index (κ1) is 23.5. The van der Waals surface area contributed by atoms with Gasteiger partial charge in [-0.3, -0.25) is 9.98 Å². The summed E-state index contributed by atoms with van der Waals surface area (Å²) in [6, 6.07) is 16.9. The Bertz CT molecular complexity index is 845. The monoisotopic (exact) mass is 400 g/mol. The van der Waals surface area contributed by atoms with Crippen molar-refractivity contribution in [2.24, 2.45) is 9.98 Å². The predicted molar refractivity (Wildman–Crippen MR) is 134 cm³/mol. The summed E-state index contributed by atoms with van der Waals surface area (Å²) in [4.78, 5) is 9.87. The molecule has 0 bridgehead atoms. The first-order valence-corrected chi connectivity index (χ1v) is 11.3. The Morgan fingerprint density at radius 1 is 0.800 bits per heavy atom. The van der Waals surface area contributed by atoms with Crippen molar-refractivity contribution in [2.45, 2.75) is 64.7 Å². The summed E-state index contributed by atoms with van der Waals surface area (Å²) in [7, 11) is 0. The Morgan fingerprint density at radius 3 is 1.97 bits per heavy atom. The summed E-state index contributed by atoms with van der Waals surface area (Å²) in [6.07, 6.45) is 15.5. The van der Waals surface area contributed by atoms with Crippen LogP contribution in [0.25, 0.3) is 0 Å². The van der Waals surface area contributed by atoms with Crippen LogP contribution in [0.15, 0.2) is 83.8 Å². The van der Waals surface area contributed by atoms with Crippen LogP contribution in [0.5, 0.6) is 0 Å². The molecule has 0 aliphatic carbocycles. The second kappa shape index (κ2) is 14.3. The highest BCUT2D eigenvalue weighted by Gasteiger charge is 2.04. The zero-order valence-electron chi connectivity index (χ0n) is 18.5. The fourth-order valence-electron chi connectivity index (χ4n) is 3.36. The second-order valence-corrected chi connectivity index (χ2v) is 7.58. The fraction of sp³-hybridized carbons (Fsp3) is 0.357. The topological polar surface area (TPSA) is 24.7 Å². The third kappa shape index (κ3) is 8.32. The summed E-state index contributed by atoms with van der Waals surface area (Å²) in [5.74, 6) is 0. The van der Waals surface area contributed by atoms with Crippen molar-refractivity contribution in [3.05, 3.63) is 85.0 Å². The van der Waals surface area contributed by atoms with Crippen molar-refractivity contribution in [3.63, 3.8) is 0 Å². The first-order chi connectivity index (χ1) is 14.8. The lowest BCUT2D eigenvalue weighted by molar-refractivity contribution is 0.836. The molecule has 0 aliphatic rings. The van der Waals surface area contributed by atoms with Gasteiger partial charge in [0, 0.05) is 6.21 Å². The van der Waals surface area contributed by atoms with Gasteiger partial charge in [0.05, 0.1) is 17.1 Å². The minimum atomic E-state index is 0.944. The number of hydrogen-bond acceptors (Lipinski definition) is 2. The summed E-state index contributed by atoms with van der Waals surface area (Å²) in [5.41, 5.74) is 5.75. The molecule has 0 N–H and O–H groups in total. The fourth-order valence-corrected chi connectivity index (χ4v) is 3.36. The van der Waals surface area contributed by atoms with Crippen LogP contribution in [-0.2, 0) is 12.8 Å². The molecule has 0 aromatic heterocycles. The van der Waals surface area contributed by atoms with Crippen LogP contribution in [0.2, 0.25) is 0 Å². The molecule has 2 heteroatoms. The van der Waals surface area contributed by atoms with E-state index in [-0.39, 0.29) is 0 Å². The SMILES string of the molecule is C=CCCCc1ccccc1N=CC(CCCC)=Nc1ccccc1CCCC=C. The highest BCUT2D eigenvalue weighted by Crippen LogP contribution is 2.23.